The van der Waals surface area contributed by atoms with E-state index in [1.165, 1.54) is 6.42 Å². The van der Waals surface area contributed by atoms with E-state index in [1.807, 2.05) is 0 Å². The second-order valence-corrected chi connectivity index (χ2v) is 6.91. The van der Waals surface area contributed by atoms with Crippen molar-refractivity contribution in [1.82, 2.24) is 21.3 Å². The average Bonchev–Trinajstić information content (AvgIpc) is 2.48. The minimum absolute atomic E-state index is 0. The van der Waals surface area contributed by atoms with Gasteiger partial charge in [0.1, 0.15) is 0 Å². The molecule has 13 nitrogen and oxygen atoms in total. The number of halogens is 2. The molecule has 0 aromatic rings. The first-order valence-corrected chi connectivity index (χ1v) is 10.6. The molecular formula is C12H28Cl2CuN4O9. The third-order valence-corrected chi connectivity index (χ3v) is 3.07. The molecule has 1 fully saturated rings. The number of nitrogens with one attached hydrogen (secondary N) is 4. The summed E-state index contributed by atoms with van der Waals surface area (Å²) in [6.45, 7) is 8.50. The van der Waals surface area contributed by atoms with Crippen LogP contribution in [0.3, 0.4) is 0 Å². The summed E-state index contributed by atoms with van der Waals surface area (Å²) in [6.07, 6.45) is 2.06. The van der Waals surface area contributed by atoms with Crippen LogP contribution in [0.5, 0.6) is 0 Å². The molecule has 175 valence electrons. The zero-order chi connectivity index (χ0) is 21.2. The molecule has 28 heavy (non-hydrogen) atoms. The van der Waals surface area contributed by atoms with Crippen molar-refractivity contribution in [2.45, 2.75) is 12.8 Å². The number of rotatable bonds is 2. The van der Waals surface area contributed by atoms with Gasteiger partial charge in [-0.2, -0.15) is 0 Å². The topological polar surface area (TPSA) is 253 Å². The standard InChI is InChI=1S/C12H28N4O.2ClHO4.Cu/c17-9-2-12-10-15-7-5-13-3-1-4-14-6-8-16-11-12;2*2-1(3,4)5;/h12-17H,1-11H2;2*(H,2,3,4,5);/q;;;+2/p-2. The zero-order valence-corrected chi connectivity index (χ0v) is 17.6. The molecule has 0 aromatic heterocycles. The number of aliphatic hydroxyl groups excluding tert-OH is 1. The van der Waals surface area contributed by atoms with E-state index < -0.39 is 20.5 Å². The zero-order valence-electron chi connectivity index (χ0n) is 15.1. The molecule has 0 aromatic carbocycles. The Bertz CT molecular complexity index is 290. The predicted octanol–water partition coefficient (Wildman–Crippen LogP) is -10.8. The Morgan fingerprint density at radius 1 is 0.643 bits per heavy atom. The monoisotopic (exact) mass is 505 g/mol. The van der Waals surface area contributed by atoms with Gasteiger partial charge in [-0.1, -0.05) is 0 Å². The molecule has 1 rings (SSSR count). The van der Waals surface area contributed by atoms with Gasteiger partial charge >= 0.3 is 17.1 Å². The molecule has 0 saturated carbocycles. The first-order chi connectivity index (χ1) is 12.4. The number of aliphatic hydroxyl groups is 1. The fourth-order valence-corrected chi connectivity index (χ4v) is 2.01. The van der Waals surface area contributed by atoms with E-state index in [9.17, 15) is 0 Å². The van der Waals surface area contributed by atoms with Crippen LogP contribution < -0.4 is 58.5 Å². The van der Waals surface area contributed by atoms with Crippen LogP contribution >= 0.6 is 0 Å². The van der Waals surface area contributed by atoms with Gasteiger partial charge in [0, 0.05) is 32.8 Å². The van der Waals surface area contributed by atoms with Gasteiger partial charge in [0.25, 0.3) is 0 Å². The van der Waals surface area contributed by atoms with Crippen LogP contribution in [0, 0.1) is 26.4 Å². The van der Waals surface area contributed by atoms with Crippen molar-refractivity contribution in [2.24, 2.45) is 5.92 Å². The summed E-state index contributed by atoms with van der Waals surface area (Å²) in [7, 11) is -9.89. The number of hydrogen-bond donors (Lipinski definition) is 5. The van der Waals surface area contributed by atoms with Gasteiger partial charge in [0.05, 0.1) is 0 Å². The summed E-state index contributed by atoms with van der Waals surface area (Å²) in [5.74, 6) is 0.531. The molecule has 1 heterocycles. The first kappa shape index (κ1) is 33.2. The molecule has 0 amide bonds. The maximum absolute atomic E-state index is 9.01. The molecule has 0 aliphatic carbocycles. The molecule has 0 spiro atoms. The largest absolute Gasteiger partial charge is 2.00 e. The summed E-state index contributed by atoms with van der Waals surface area (Å²) in [5, 5.41) is 22.7. The summed E-state index contributed by atoms with van der Waals surface area (Å²) < 4.78 is 67.9. The average molecular weight is 507 g/mol. The van der Waals surface area contributed by atoms with E-state index >= 15 is 0 Å². The van der Waals surface area contributed by atoms with E-state index in [1.54, 1.807) is 0 Å². The molecule has 16 heteroatoms. The molecule has 1 radical (unpaired) electrons. The van der Waals surface area contributed by atoms with Crippen molar-refractivity contribution >= 4 is 0 Å². The minimum Gasteiger partial charge on any atom is -0.396 e. The van der Waals surface area contributed by atoms with E-state index in [0.717, 1.165) is 58.8 Å². The van der Waals surface area contributed by atoms with Crippen LogP contribution in [0.15, 0.2) is 0 Å². The van der Waals surface area contributed by atoms with Gasteiger partial charge in [0.2, 0.25) is 0 Å². The maximum Gasteiger partial charge on any atom is 2.00 e. The van der Waals surface area contributed by atoms with E-state index in [-0.39, 0.29) is 23.7 Å². The van der Waals surface area contributed by atoms with E-state index in [2.05, 4.69) is 21.3 Å². The van der Waals surface area contributed by atoms with Crippen molar-refractivity contribution in [2.75, 3.05) is 59.0 Å². The van der Waals surface area contributed by atoms with Gasteiger partial charge in [-0.25, -0.2) is 37.3 Å². The summed E-state index contributed by atoms with van der Waals surface area (Å²) in [6, 6.07) is 0. The molecule has 0 atom stereocenters. The Labute approximate surface area is 179 Å². The Morgan fingerprint density at radius 3 is 1.29 bits per heavy atom. The summed E-state index contributed by atoms with van der Waals surface area (Å²) in [5.41, 5.74) is 0. The van der Waals surface area contributed by atoms with Crippen LogP contribution in [-0.4, -0.2) is 64.1 Å². The van der Waals surface area contributed by atoms with Gasteiger partial charge < -0.3 is 26.4 Å². The molecule has 5 N–H and O–H groups in total. The van der Waals surface area contributed by atoms with E-state index in [4.69, 9.17) is 42.4 Å². The second-order valence-electron chi connectivity index (χ2n) is 5.40. The van der Waals surface area contributed by atoms with Gasteiger partial charge in [-0.15, -0.1) is 20.5 Å². The van der Waals surface area contributed by atoms with Crippen LogP contribution in [0.2, 0.25) is 0 Å². The molecule has 1 saturated heterocycles. The molecule has 0 unspecified atom stereocenters. The smallest absolute Gasteiger partial charge is 0.396 e. The Morgan fingerprint density at radius 2 is 0.964 bits per heavy atom. The Hall–Kier alpha value is 0.579. The third-order valence-electron chi connectivity index (χ3n) is 3.07. The van der Waals surface area contributed by atoms with Crippen molar-refractivity contribution in [3.8, 4) is 0 Å². The molecule has 1 aliphatic rings. The molecule has 0 bridgehead atoms. The molecular weight excluding hydrogens is 479 g/mol. The van der Waals surface area contributed by atoms with Gasteiger partial charge in [-0.05, 0) is 44.9 Å². The number of hydrogen-bond acceptors (Lipinski definition) is 13. The van der Waals surface area contributed by atoms with Crippen LogP contribution in [-0.2, 0) is 17.1 Å². The summed E-state index contributed by atoms with van der Waals surface area (Å²) >= 11 is 0. The van der Waals surface area contributed by atoms with Gasteiger partial charge in [-0.3, -0.25) is 0 Å². The van der Waals surface area contributed by atoms with Crippen molar-refractivity contribution in [1.29, 1.82) is 0 Å². The maximum atomic E-state index is 9.01. The Balaban J connectivity index is -0.000000473. The summed E-state index contributed by atoms with van der Waals surface area (Å²) in [4.78, 5) is 0. The molecule has 1 aliphatic heterocycles. The quantitative estimate of drug-likeness (QED) is 0.218. The van der Waals surface area contributed by atoms with Crippen LogP contribution in [0.4, 0.5) is 0 Å². The third kappa shape index (κ3) is 45.4. The van der Waals surface area contributed by atoms with Crippen LogP contribution in [0.1, 0.15) is 12.8 Å². The van der Waals surface area contributed by atoms with Crippen molar-refractivity contribution in [3.63, 3.8) is 0 Å². The fraction of sp³-hybridized carbons (Fsp3) is 1.00. The fourth-order valence-electron chi connectivity index (χ4n) is 2.01. The van der Waals surface area contributed by atoms with Crippen molar-refractivity contribution < 1.29 is 79.9 Å². The SMILES string of the molecule is OCCC1CNCCNCCCNCCNC1.[Cu+2].[O-][Cl+3]([O-])([O-])[O-].[O-][Cl+3]([O-])([O-])[O-]. The first-order valence-electron chi connectivity index (χ1n) is 8.10. The minimum atomic E-state index is -4.94. The Kier molecular flexibility index (Phi) is 24.7. The van der Waals surface area contributed by atoms with Crippen molar-refractivity contribution in [3.05, 3.63) is 0 Å². The van der Waals surface area contributed by atoms with Gasteiger partial charge in [0.15, 0.2) is 0 Å². The van der Waals surface area contributed by atoms with Crippen LogP contribution in [0.25, 0.3) is 0 Å². The predicted molar refractivity (Wildman–Crippen MR) is 71.3 cm³/mol. The normalized spacial score (nSPS) is 18.3. The van der Waals surface area contributed by atoms with E-state index in [0.29, 0.717) is 5.92 Å². The second kappa shape index (κ2) is 20.8.